The quantitative estimate of drug-likeness (QED) is 0.810. The number of carbonyl (C=O) groups excluding carboxylic acids is 2. The van der Waals surface area contributed by atoms with Crippen molar-refractivity contribution in [1.82, 2.24) is 4.90 Å². The van der Waals surface area contributed by atoms with E-state index in [0.717, 1.165) is 5.56 Å². The maximum atomic E-state index is 11.8. The first-order valence-corrected chi connectivity index (χ1v) is 6.23. The van der Waals surface area contributed by atoms with E-state index in [4.69, 9.17) is 5.73 Å². The van der Waals surface area contributed by atoms with Gasteiger partial charge in [0, 0.05) is 13.0 Å². The topological polar surface area (TPSA) is 63.4 Å². The minimum absolute atomic E-state index is 0.102. The van der Waals surface area contributed by atoms with Crippen LogP contribution in [0.2, 0.25) is 0 Å². The van der Waals surface area contributed by atoms with Gasteiger partial charge in [0.15, 0.2) is 0 Å². The van der Waals surface area contributed by atoms with E-state index in [1.54, 1.807) is 0 Å². The highest BCUT2D eigenvalue weighted by Gasteiger charge is 2.31. The van der Waals surface area contributed by atoms with E-state index < -0.39 is 6.04 Å². The van der Waals surface area contributed by atoms with Crippen molar-refractivity contribution in [3.63, 3.8) is 0 Å². The predicted octanol–water partition coefficient (Wildman–Crippen LogP) is 1.01. The maximum absolute atomic E-state index is 11.8. The van der Waals surface area contributed by atoms with E-state index in [9.17, 15) is 9.59 Å². The van der Waals surface area contributed by atoms with Crippen molar-refractivity contribution < 1.29 is 9.59 Å². The van der Waals surface area contributed by atoms with Crippen molar-refractivity contribution in [2.45, 2.75) is 32.2 Å². The Hall–Kier alpha value is -1.68. The third kappa shape index (κ3) is 2.76. The zero-order valence-corrected chi connectivity index (χ0v) is 10.6. The van der Waals surface area contributed by atoms with Crippen molar-refractivity contribution in [2.75, 3.05) is 6.54 Å². The van der Waals surface area contributed by atoms with Crippen molar-refractivity contribution in [3.8, 4) is 0 Å². The molecule has 2 N–H and O–H groups in total. The number of rotatable bonds is 3. The number of piperidine rings is 1. The summed E-state index contributed by atoms with van der Waals surface area (Å²) in [5.74, 6) is -0.340. The van der Waals surface area contributed by atoms with E-state index >= 15 is 0 Å². The Morgan fingerprint density at radius 3 is 2.89 bits per heavy atom. The molecule has 1 unspecified atom stereocenters. The molecule has 1 aliphatic heterocycles. The van der Waals surface area contributed by atoms with Crippen LogP contribution in [-0.2, 0) is 16.0 Å². The van der Waals surface area contributed by atoms with E-state index in [-0.39, 0.29) is 11.8 Å². The number of hydrogen-bond donors (Lipinski definition) is 1. The average molecular weight is 246 g/mol. The molecule has 1 atom stereocenters. The first-order chi connectivity index (χ1) is 8.58. The Morgan fingerprint density at radius 2 is 2.17 bits per heavy atom. The number of carbonyl (C=O) groups is 2. The summed E-state index contributed by atoms with van der Waals surface area (Å²) >= 11 is 0. The molecule has 1 aliphatic rings. The number of nitrogens with two attached hydrogens (primary N) is 1. The third-order valence-corrected chi connectivity index (χ3v) is 3.26. The Bertz CT molecular complexity index is 471. The van der Waals surface area contributed by atoms with Gasteiger partial charge in [-0.05, 0) is 25.3 Å². The van der Waals surface area contributed by atoms with Crippen molar-refractivity contribution in [3.05, 3.63) is 35.4 Å². The molecule has 18 heavy (non-hydrogen) atoms. The van der Waals surface area contributed by atoms with Crippen molar-refractivity contribution >= 4 is 11.8 Å². The summed E-state index contributed by atoms with van der Waals surface area (Å²) in [5.41, 5.74) is 8.00. The number of aryl methyl sites for hydroxylation is 1. The van der Waals surface area contributed by atoms with Gasteiger partial charge in [-0.1, -0.05) is 29.8 Å². The molecular formula is C14H18N2O2. The van der Waals surface area contributed by atoms with Gasteiger partial charge in [0.2, 0.25) is 11.8 Å². The van der Waals surface area contributed by atoms with Crippen LogP contribution in [0.5, 0.6) is 0 Å². The molecule has 4 nitrogen and oxygen atoms in total. The Labute approximate surface area is 107 Å². The maximum Gasteiger partial charge on any atom is 0.246 e. The average Bonchev–Trinajstić information content (AvgIpc) is 2.34. The molecule has 1 fully saturated rings. The highest BCUT2D eigenvalue weighted by molar-refractivity contribution is 6.00. The second-order valence-electron chi connectivity index (χ2n) is 4.77. The SMILES string of the molecule is Cc1cccc(CCN2C(=O)CCC(N)C2=O)c1. The molecule has 96 valence electrons. The van der Waals surface area contributed by atoms with Crippen LogP contribution in [0.25, 0.3) is 0 Å². The fraction of sp³-hybridized carbons (Fsp3) is 0.429. The standard InChI is InChI=1S/C14H18N2O2/c1-10-3-2-4-11(9-10)7-8-16-13(17)6-5-12(15)14(16)18/h2-4,9,12H,5-8,15H2,1H3. The van der Waals surface area contributed by atoms with Crippen LogP contribution in [0.15, 0.2) is 24.3 Å². The Morgan fingerprint density at radius 1 is 1.39 bits per heavy atom. The fourth-order valence-electron chi connectivity index (χ4n) is 2.20. The van der Waals surface area contributed by atoms with Crippen LogP contribution in [0.3, 0.4) is 0 Å². The summed E-state index contributed by atoms with van der Waals surface area (Å²) in [5, 5.41) is 0. The molecule has 2 rings (SSSR count). The van der Waals surface area contributed by atoms with Gasteiger partial charge in [0.05, 0.1) is 6.04 Å². The molecule has 0 spiro atoms. The van der Waals surface area contributed by atoms with Gasteiger partial charge >= 0.3 is 0 Å². The molecule has 1 saturated heterocycles. The molecule has 0 bridgehead atoms. The number of likely N-dealkylation sites (tertiary alicyclic amines) is 1. The highest BCUT2D eigenvalue weighted by Crippen LogP contribution is 2.13. The lowest BCUT2D eigenvalue weighted by Gasteiger charge is -2.28. The molecule has 1 heterocycles. The van der Waals surface area contributed by atoms with E-state index in [0.29, 0.717) is 25.8 Å². The van der Waals surface area contributed by atoms with Gasteiger partial charge in [0.1, 0.15) is 0 Å². The second-order valence-corrected chi connectivity index (χ2v) is 4.77. The summed E-state index contributed by atoms with van der Waals surface area (Å²) in [4.78, 5) is 24.8. The third-order valence-electron chi connectivity index (χ3n) is 3.26. The normalized spacial score (nSPS) is 20.3. The predicted molar refractivity (Wildman–Crippen MR) is 68.8 cm³/mol. The molecule has 1 aromatic carbocycles. The Balaban J connectivity index is 2.00. The van der Waals surface area contributed by atoms with Gasteiger partial charge in [-0.3, -0.25) is 14.5 Å². The number of amides is 2. The lowest BCUT2D eigenvalue weighted by molar-refractivity contribution is -0.149. The largest absolute Gasteiger partial charge is 0.320 e. The van der Waals surface area contributed by atoms with E-state index in [1.807, 2.05) is 25.1 Å². The summed E-state index contributed by atoms with van der Waals surface area (Å²) in [7, 11) is 0. The molecule has 0 radical (unpaired) electrons. The minimum atomic E-state index is -0.514. The van der Waals surface area contributed by atoms with Gasteiger partial charge in [-0.2, -0.15) is 0 Å². The van der Waals surface area contributed by atoms with Crippen molar-refractivity contribution in [1.29, 1.82) is 0 Å². The first kappa shape index (κ1) is 12.8. The molecule has 4 heteroatoms. The van der Waals surface area contributed by atoms with E-state index in [1.165, 1.54) is 10.5 Å². The van der Waals surface area contributed by atoms with Gasteiger partial charge in [-0.15, -0.1) is 0 Å². The molecule has 0 aliphatic carbocycles. The first-order valence-electron chi connectivity index (χ1n) is 6.23. The number of imide groups is 1. The number of hydrogen-bond acceptors (Lipinski definition) is 3. The van der Waals surface area contributed by atoms with Crippen LogP contribution in [-0.4, -0.2) is 29.3 Å². The molecule has 0 aromatic heterocycles. The lowest BCUT2D eigenvalue weighted by atomic mass is 10.0. The second kappa shape index (κ2) is 5.31. The van der Waals surface area contributed by atoms with Gasteiger partial charge < -0.3 is 5.73 Å². The Kier molecular flexibility index (Phi) is 3.77. The molecule has 0 saturated carbocycles. The summed E-state index contributed by atoms with van der Waals surface area (Å²) in [6.07, 6.45) is 1.53. The van der Waals surface area contributed by atoms with Gasteiger partial charge in [0.25, 0.3) is 0 Å². The summed E-state index contributed by atoms with van der Waals surface area (Å²) < 4.78 is 0. The van der Waals surface area contributed by atoms with Crippen LogP contribution in [0.1, 0.15) is 24.0 Å². The van der Waals surface area contributed by atoms with Crippen molar-refractivity contribution in [2.24, 2.45) is 5.73 Å². The fourth-order valence-corrected chi connectivity index (χ4v) is 2.20. The minimum Gasteiger partial charge on any atom is -0.320 e. The molecular weight excluding hydrogens is 228 g/mol. The highest BCUT2D eigenvalue weighted by atomic mass is 16.2. The monoisotopic (exact) mass is 246 g/mol. The van der Waals surface area contributed by atoms with Crippen LogP contribution in [0.4, 0.5) is 0 Å². The molecule has 2 amide bonds. The van der Waals surface area contributed by atoms with Crippen LogP contribution >= 0.6 is 0 Å². The number of nitrogens with zero attached hydrogens (tertiary/aromatic N) is 1. The van der Waals surface area contributed by atoms with Gasteiger partial charge in [-0.25, -0.2) is 0 Å². The van der Waals surface area contributed by atoms with Crippen LogP contribution in [0, 0.1) is 6.92 Å². The molecule has 1 aromatic rings. The zero-order chi connectivity index (χ0) is 13.1. The van der Waals surface area contributed by atoms with E-state index in [2.05, 4.69) is 6.07 Å². The van der Waals surface area contributed by atoms with Crippen LogP contribution < -0.4 is 5.73 Å². The number of benzene rings is 1. The smallest absolute Gasteiger partial charge is 0.246 e. The lowest BCUT2D eigenvalue weighted by Crippen LogP contribution is -2.51. The zero-order valence-electron chi connectivity index (χ0n) is 10.6. The summed E-state index contributed by atoms with van der Waals surface area (Å²) in [6.45, 7) is 2.45. The summed E-state index contributed by atoms with van der Waals surface area (Å²) in [6, 6.07) is 7.57.